The highest BCUT2D eigenvalue weighted by molar-refractivity contribution is 5.97. The van der Waals surface area contributed by atoms with Crippen molar-refractivity contribution in [3.8, 4) is 5.69 Å². The van der Waals surface area contributed by atoms with Crippen molar-refractivity contribution in [1.82, 2.24) is 4.57 Å². The predicted molar refractivity (Wildman–Crippen MR) is 76.2 cm³/mol. The van der Waals surface area contributed by atoms with Crippen molar-refractivity contribution in [2.75, 3.05) is 5.32 Å². The van der Waals surface area contributed by atoms with E-state index >= 15 is 0 Å². The van der Waals surface area contributed by atoms with Crippen LogP contribution in [0.4, 0.5) is 5.69 Å². The fraction of sp³-hybridized carbons (Fsp3) is 0.0625. The van der Waals surface area contributed by atoms with Crippen molar-refractivity contribution in [3.63, 3.8) is 0 Å². The zero-order valence-corrected chi connectivity index (χ0v) is 10.4. The average molecular weight is 250 g/mol. The number of allylic oxidation sites excluding steroid dienone is 2. The number of nitrogens with zero attached hydrogens (tertiary/aromatic N) is 1. The van der Waals surface area contributed by atoms with E-state index in [9.17, 15) is 4.79 Å². The Morgan fingerprint density at radius 3 is 2.42 bits per heavy atom. The first-order valence-corrected chi connectivity index (χ1v) is 6.23. The number of aromatic nitrogens is 1. The van der Waals surface area contributed by atoms with Crippen LogP contribution in [0, 0.1) is 5.92 Å². The Balaban J connectivity index is 1.87. The van der Waals surface area contributed by atoms with Crippen LogP contribution in [0.2, 0.25) is 0 Å². The topological polar surface area (TPSA) is 34.0 Å². The summed E-state index contributed by atoms with van der Waals surface area (Å²) in [4.78, 5) is 12.1. The number of carbonyl (C=O) groups is 1. The molecule has 3 nitrogen and oxygen atoms in total. The minimum absolute atomic E-state index is 0.00962. The SMILES string of the molecule is O=C(Nc1ccccc1-n1cccc1)C1C=CC=C1. The van der Waals surface area contributed by atoms with Crippen molar-refractivity contribution >= 4 is 11.6 Å². The minimum atomic E-state index is -0.169. The van der Waals surface area contributed by atoms with Gasteiger partial charge in [-0.1, -0.05) is 36.4 Å². The van der Waals surface area contributed by atoms with Gasteiger partial charge in [0.05, 0.1) is 17.3 Å². The molecule has 1 aliphatic rings. The Morgan fingerprint density at radius 2 is 1.68 bits per heavy atom. The molecule has 2 aromatic rings. The maximum absolute atomic E-state index is 12.1. The number of hydrogen-bond donors (Lipinski definition) is 1. The third-order valence-corrected chi connectivity index (χ3v) is 3.10. The van der Waals surface area contributed by atoms with Crippen LogP contribution in [0.1, 0.15) is 0 Å². The van der Waals surface area contributed by atoms with Gasteiger partial charge in [-0.05, 0) is 24.3 Å². The van der Waals surface area contributed by atoms with E-state index in [1.165, 1.54) is 0 Å². The highest BCUT2D eigenvalue weighted by atomic mass is 16.1. The maximum Gasteiger partial charge on any atom is 0.235 e. The van der Waals surface area contributed by atoms with Crippen LogP contribution in [0.15, 0.2) is 73.1 Å². The van der Waals surface area contributed by atoms with E-state index in [2.05, 4.69) is 5.32 Å². The molecule has 3 rings (SSSR count). The lowest BCUT2D eigenvalue weighted by molar-refractivity contribution is -0.117. The molecule has 0 saturated carbocycles. The fourth-order valence-corrected chi connectivity index (χ4v) is 2.12. The number of benzene rings is 1. The van der Waals surface area contributed by atoms with Crippen LogP contribution in [-0.4, -0.2) is 10.5 Å². The summed E-state index contributed by atoms with van der Waals surface area (Å²) in [6.07, 6.45) is 11.5. The second-order valence-electron chi connectivity index (χ2n) is 4.39. The summed E-state index contributed by atoms with van der Waals surface area (Å²) in [5, 5.41) is 2.98. The van der Waals surface area contributed by atoms with Crippen molar-refractivity contribution in [3.05, 3.63) is 73.1 Å². The van der Waals surface area contributed by atoms with Gasteiger partial charge >= 0.3 is 0 Å². The quantitative estimate of drug-likeness (QED) is 0.892. The smallest absolute Gasteiger partial charge is 0.235 e. The normalized spacial score (nSPS) is 13.9. The number of carbonyl (C=O) groups excluding carboxylic acids is 1. The predicted octanol–water partition coefficient (Wildman–Crippen LogP) is 3.16. The zero-order valence-electron chi connectivity index (χ0n) is 10.4. The lowest BCUT2D eigenvalue weighted by atomic mass is 10.1. The number of nitrogens with one attached hydrogen (secondary N) is 1. The molecule has 0 unspecified atom stereocenters. The van der Waals surface area contributed by atoms with Crippen molar-refractivity contribution in [1.29, 1.82) is 0 Å². The van der Waals surface area contributed by atoms with Gasteiger partial charge in [0.25, 0.3) is 0 Å². The van der Waals surface area contributed by atoms with Crippen LogP contribution < -0.4 is 5.32 Å². The Bertz CT molecular complexity index is 627. The van der Waals surface area contributed by atoms with Crippen LogP contribution in [0.25, 0.3) is 5.69 Å². The zero-order chi connectivity index (χ0) is 13.1. The second-order valence-corrected chi connectivity index (χ2v) is 4.39. The van der Waals surface area contributed by atoms with Crippen LogP contribution >= 0.6 is 0 Å². The highest BCUT2D eigenvalue weighted by Crippen LogP contribution is 2.21. The number of amides is 1. The van der Waals surface area contributed by atoms with Crippen LogP contribution in [-0.2, 0) is 4.79 Å². The number of rotatable bonds is 3. The first kappa shape index (κ1) is 11.5. The molecule has 0 atom stereocenters. The Kier molecular flexibility index (Phi) is 3.02. The molecule has 0 bridgehead atoms. The molecule has 94 valence electrons. The molecule has 0 spiro atoms. The number of para-hydroxylation sites is 2. The molecule has 1 aromatic carbocycles. The Morgan fingerprint density at radius 1 is 1.00 bits per heavy atom. The lowest BCUT2D eigenvalue weighted by Crippen LogP contribution is -2.19. The lowest BCUT2D eigenvalue weighted by Gasteiger charge is -2.13. The molecule has 1 aliphatic carbocycles. The molecule has 19 heavy (non-hydrogen) atoms. The van der Waals surface area contributed by atoms with Gasteiger partial charge in [-0.2, -0.15) is 0 Å². The first-order chi connectivity index (χ1) is 9.34. The van der Waals surface area contributed by atoms with Crippen molar-refractivity contribution in [2.45, 2.75) is 0 Å². The molecular formula is C16H14N2O. The van der Waals surface area contributed by atoms with Gasteiger partial charge in [0.1, 0.15) is 0 Å². The molecular weight excluding hydrogens is 236 g/mol. The third kappa shape index (κ3) is 2.36. The Hall–Kier alpha value is -2.55. The summed E-state index contributed by atoms with van der Waals surface area (Å²) in [7, 11) is 0. The van der Waals surface area contributed by atoms with E-state index in [0.717, 1.165) is 11.4 Å². The molecule has 0 saturated heterocycles. The number of hydrogen-bond acceptors (Lipinski definition) is 1. The molecule has 0 aliphatic heterocycles. The summed E-state index contributed by atoms with van der Waals surface area (Å²) in [6.45, 7) is 0. The monoisotopic (exact) mass is 250 g/mol. The Labute approximate surface area is 111 Å². The van der Waals surface area contributed by atoms with Crippen molar-refractivity contribution < 1.29 is 4.79 Å². The molecule has 1 heterocycles. The van der Waals surface area contributed by atoms with Gasteiger partial charge in [0.15, 0.2) is 0 Å². The van der Waals surface area contributed by atoms with Gasteiger partial charge in [-0.15, -0.1) is 0 Å². The molecule has 0 radical (unpaired) electrons. The summed E-state index contributed by atoms with van der Waals surface area (Å²) < 4.78 is 1.98. The molecule has 3 heteroatoms. The van der Waals surface area contributed by atoms with Crippen LogP contribution in [0.5, 0.6) is 0 Å². The first-order valence-electron chi connectivity index (χ1n) is 6.23. The van der Waals surface area contributed by atoms with Gasteiger partial charge in [0.2, 0.25) is 5.91 Å². The van der Waals surface area contributed by atoms with Crippen LogP contribution in [0.3, 0.4) is 0 Å². The standard InChI is InChI=1S/C16H14N2O/c19-16(13-7-1-2-8-13)17-14-9-3-4-10-15(14)18-11-5-6-12-18/h1-13H,(H,17,19). The third-order valence-electron chi connectivity index (χ3n) is 3.10. The maximum atomic E-state index is 12.1. The fourth-order valence-electron chi connectivity index (χ4n) is 2.12. The van der Waals surface area contributed by atoms with Gasteiger partial charge < -0.3 is 9.88 Å². The summed E-state index contributed by atoms with van der Waals surface area (Å²) in [5.41, 5.74) is 1.78. The van der Waals surface area contributed by atoms with Gasteiger partial charge in [-0.3, -0.25) is 4.79 Å². The van der Waals surface area contributed by atoms with E-state index in [0.29, 0.717) is 0 Å². The van der Waals surface area contributed by atoms with E-state index in [1.807, 2.05) is 77.7 Å². The summed E-state index contributed by atoms with van der Waals surface area (Å²) in [5.74, 6) is -0.178. The van der Waals surface area contributed by atoms with Crippen molar-refractivity contribution in [2.24, 2.45) is 5.92 Å². The van der Waals surface area contributed by atoms with E-state index in [1.54, 1.807) is 0 Å². The highest BCUT2D eigenvalue weighted by Gasteiger charge is 2.15. The molecule has 1 amide bonds. The van der Waals surface area contributed by atoms with E-state index in [-0.39, 0.29) is 11.8 Å². The number of anilines is 1. The van der Waals surface area contributed by atoms with E-state index in [4.69, 9.17) is 0 Å². The molecule has 0 fully saturated rings. The van der Waals surface area contributed by atoms with Gasteiger partial charge in [-0.25, -0.2) is 0 Å². The molecule has 1 N–H and O–H groups in total. The molecule has 1 aromatic heterocycles. The largest absolute Gasteiger partial charge is 0.323 e. The summed E-state index contributed by atoms with van der Waals surface area (Å²) in [6, 6.07) is 11.7. The van der Waals surface area contributed by atoms with Gasteiger partial charge in [0, 0.05) is 12.4 Å². The van der Waals surface area contributed by atoms with E-state index < -0.39 is 0 Å². The minimum Gasteiger partial charge on any atom is -0.323 e. The average Bonchev–Trinajstić information content (AvgIpc) is 3.13. The summed E-state index contributed by atoms with van der Waals surface area (Å²) >= 11 is 0. The second kappa shape index (κ2) is 4.98.